The molecule has 1 saturated heterocycles. The van der Waals surface area contributed by atoms with Crippen LogP contribution in [0.1, 0.15) is 52.9 Å². The van der Waals surface area contributed by atoms with Gasteiger partial charge in [0.25, 0.3) is 0 Å². The standard InChI is InChI=1S/C15H28N2O3/c1-4-7-15(14(19)20)8-6-9-17(11-15)13(18)10-16-12(3)5-2/h12,16H,4-11H2,1-3H3,(H,19,20). The molecular formula is C15H28N2O3. The van der Waals surface area contributed by atoms with Crippen LogP contribution < -0.4 is 5.32 Å². The van der Waals surface area contributed by atoms with Crippen LogP contribution in [0.25, 0.3) is 0 Å². The molecule has 0 aliphatic carbocycles. The monoisotopic (exact) mass is 284 g/mol. The number of hydrogen-bond donors (Lipinski definition) is 2. The molecule has 116 valence electrons. The quantitative estimate of drug-likeness (QED) is 0.749. The Morgan fingerprint density at radius 2 is 2.10 bits per heavy atom. The average Bonchev–Trinajstić information content (AvgIpc) is 2.44. The molecule has 5 nitrogen and oxygen atoms in total. The number of amides is 1. The molecule has 0 spiro atoms. The third-order valence-electron chi connectivity index (χ3n) is 4.33. The topological polar surface area (TPSA) is 69.6 Å². The number of rotatable bonds is 7. The van der Waals surface area contributed by atoms with Crippen LogP contribution >= 0.6 is 0 Å². The van der Waals surface area contributed by atoms with Crippen LogP contribution in [0.4, 0.5) is 0 Å². The van der Waals surface area contributed by atoms with Gasteiger partial charge in [0.1, 0.15) is 0 Å². The van der Waals surface area contributed by atoms with E-state index in [4.69, 9.17) is 0 Å². The second-order valence-electron chi connectivity index (χ2n) is 5.94. The Labute approximate surface area is 121 Å². The van der Waals surface area contributed by atoms with E-state index in [1.807, 2.05) is 13.8 Å². The SMILES string of the molecule is CCCC1(C(=O)O)CCCN(C(=O)CNC(C)CC)C1. The molecule has 1 amide bonds. The lowest BCUT2D eigenvalue weighted by molar-refractivity contribution is -0.155. The number of aliphatic carboxylic acids is 1. The van der Waals surface area contributed by atoms with Crippen LogP contribution in [-0.4, -0.2) is 47.6 Å². The minimum absolute atomic E-state index is 0.0201. The van der Waals surface area contributed by atoms with Crippen LogP contribution in [0.3, 0.4) is 0 Å². The van der Waals surface area contributed by atoms with Crippen molar-refractivity contribution in [1.29, 1.82) is 0 Å². The molecule has 0 aromatic carbocycles. The Balaban J connectivity index is 2.63. The minimum Gasteiger partial charge on any atom is -0.481 e. The van der Waals surface area contributed by atoms with Crippen molar-refractivity contribution in [2.75, 3.05) is 19.6 Å². The van der Waals surface area contributed by atoms with Crippen molar-refractivity contribution >= 4 is 11.9 Å². The maximum Gasteiger partial charge on any atom is 0.311 e. The lowest BCUT2D eigenvalue weighted by Gasteiger charge is -2.40. The third-order valence-corrected chi connectivity index (χ3v) is 4.33. The highest BCUT2D eigenvalue weighted by molar-refractivity contribution is 5.81. The van der Waals surface area contributed by atoms with Crippen molar-refractivity contribution < 1.29 is 14.7 Å². The zero-order valence-electron chi connectivity index (χ0n) is 12.9. The summed E-state index contributed by atoms with van der Waals surface area (Å²) in [5.74, 6) is -0.738. The number of carboxylic acid groups (broad SMARTS) is 1. The predicted octanol–water partition coefficient (Wildman–Crippen LogP) is 1.87. The van der Waals surface area contributed by atoms with Gasteiger partial charge in [0.05, 0.1) is 12.0 Å². The predicted molar refractivity (Wildman–Crippen MR) is 78.5 cm³/mol. The Kier molecular flexibility index (Phi) is 6.46. The van der Waals surface area contributed by atoms with Crippen LogP contribution in [-0.2, 0) is 9.59 Å². The van der Waals surface area contributed by atoms with E-state index in [0.717, 1.165) is 19.3 Å². The van der Waals surface area contributed by atoms with Crippen LogP contribution in [0, 0.1) is 5.41 Å². The smallest absolute Gasteiger partial charge is 0.311 e. The number of nitrogens with one attached hydrogen (secondary N) is 1. The van der Waals surface area contributed by atoms with Crippen molar-refractivity contribution in [3.63, 3.8) is 0 Å². The average molecular weight is 284 g/mol. The largest absolute Gasteiger partial charge is 0.481 e. The van der Waals surface area contributed by atoms with Gasteiger partial charge in [-0.25, -0.2) is 0 Å². The Hall–Kier alpha value is -1.10. The lowest BCUT2D eigenvalue weighted by Crippen LogP contribution is -2.52. The molecular weight excluding hydrogens is 256 g/mol. The van der Waals surface area contributed by atoms with E-state index in [1.165, 1.54) is 0 Å². The molecule has 1 fully saturated rings. The summed E-state index contributed by atoms with van der Waals surface area (Å²) < 4.78 is 0. The number of hydrogen-bond acceptors (Lipinski definition) is 3. The fourth-order valence-electron chi connectivity index (χ4n) is 2.83. The number of carbonyl (C=O) groups excluding carboxylic acids is 1. The van der Waals surface area contributed by atoms with E-state index in [2.05, 4.69) is 12.2 Å². The Morgan fingerprint density at radius 3 is 2.65 bits per heavy atom. The lowest BCUT2D eigenvalue weighted by atomic mass is 9.76. The first kappa shape index (κ1) is 17.0. The molecule has 1 heterocycles. The van der Waals surface area contributed by atoms with Gasteiger partial charge in [-0.2, -0.15) is 0 Å². The molecule has 20 heavy (non-hydrogen) atoms. The molecule has 1 rings (SSSR count). The molecule has 0 aromatic heterocycles. The first-order valence-electron chi connectivity index (χ1n) is 7.69. The van der Waals surface area contributed by atoms with Gasteiger partial charge in [-0.1, -0.05) is 20.3 Å². The van der Waals surface area contributed by atoms with Gasteiger partial charge in [0.2, 0.25) is 5.91 Å². The van der Waals surface area contributed by atoms with Crippen molar-refractivity contribution in [3.05, 3.63) is 0 Å². The first-order chi connectivity index (χ1) is 9.45. The van der Waals surface area contributed by atoms with Gasteiger partial charge in [-0.15, -0.1) is 0 Å². The normalized spacial score (nSPS) is 24.4. The maximum atomic E-state index is 12.2. The van der Waals surface area contributed by atoms with Gasteiger partial charge in [-0.3, -0.25) is 9.59 Å². The van der Waals surface area contributed by atoms with Gasteiger partial charge in [0.15, 0.2) is 0 Å². The second-order valence-corrected chi connectivity index (χ2v) is 5.94. The highest BCUT2D eigenvalue weighted by atomic mass is 16.4. The van der Waals surface area contributed by atoms with Crippen molar-refractivity contribution in [2.45, 2.75) is 58.9 Å². The summed E-state index contributed by atoms with van der Waals surface area (Å²) in [5.41, 5.74) is -0.737. The summed E-state index contributed by atoms with van der Waals surface area (Å²) in [4.78, 5) is 25.5. The fraction of sp³-hybridized carbons (Fsp3) is 0.867. The summed E-state index contributed by atoms with van der Waals surface area (Å²) in [7, 11) is 0. The number of carbonyl (C=O) groups is 2. The molecule has 2 N–H and O–H groups in total. The van der Waals surface area contributed by atoms with E-state index in [1.54, 1.807) is 4.90 Å². The van der Waals surface area contributed by atoms with Gasteiger partial charge in [-0.05, 0) is 32.6 Å². The van der Waals surface area contributed by atoms with Crippen molar-refractivity contribution in [1.82, 2.24) is 10.2 Å². The number of nitrogens with zero attached hydrogens (tertiary/aromatic N) is 1. The number of piperidine rings is 1. The minimum atomic E-state index is -0.758. The van der Waals surface area contributed by atoms with Crippen molar-refractivity contribution in [2.24, 2.45) is 5.41 Å². The van der Waals surface area contributed by atoms with Crippen LogP contribution in [0.2, 0.25) is 0 Å². The van der Waals surface area contributed by atoms with E-state index < -0.39 is 11.4 Å². The summed E-state index contributed by atoms with van der Waals surface area (Å²) in [6, 6.07) is 0.309. The molecule has 0 bridgehead atoms. The molecule has 5 heteroatoms. The van der Waals surface area contributed by atoms with E-state index in [9.17, 15) is 14.7 Å². The molecule has 2 unspecified atom stereocenters. The van der Waals surface area contributed by atoms with Crippen molar-refractivity contribution in [3.8, 4) is 0 Å². The summed E-state index contributed by atoms with van der Waals surface area (Å²) in [5, 5.41) is 12.7. The van der Waals surface area contributed by atoms with Gasteiger partial charge < -0.3 is 15.3 Å². The molecule has 0 aromatic rings. The van der Waals surface area contributed by atoms with Crippen LogP contribution in [0.15, 0.2) is 0 Å². The molecule has 2 atom stereocenters. The summed E-state index contributed by atoms with van der Waals surface area (Å²) in [6.45, 7) is 7.45. The van der Waals surface area contributed by atoms with E-state index in [-0.39, 0.29) is 5.91 Å². The van der Waals surface area contributed by atoms with Gasteiger partial charge in [0, 0.05) is 19.1 Å². The van der Waals surface area contributed by atoms with Gasteiger partial charge >= 0.3 is 5.97 Å². The van der Waals surface area contributed by atoms with E-state index in [0.29, 0.717) is 38.5 Å². The Morgan fingerprint density at radius 1 is 1.40 bits per heavy atom. The zero-order chi connectivity index (χ0) is 15.2. The highest BCUT2D eigenvalue weighted by Gasteiger charge is 2.42. The zero-order valence-corrected chi connectivity index (χ0v) is 12.9. The fourth-order valence-corrected chi connectivity index (χ4v) is 2.83. The third kappa shape index (κ3) is 4.20. The number of carboxylic acids is 1. The molecule has 0 radical (unpaired) electrons. The molecule has 1 aliphatic rings. The number of likely N-dealkylation sites (tertiary alicyclic amines) is 1. The second kappa shape index (κ2) is 7.62. The highest BCUT2D eigenvalue weighted by Crippen LogP contribution is 2.35. The first-order valence-corrected chi connectivity index (χ1v) is 7.69. The Bertz CT molecular complexity index is 342. The molecule has 1 aliphatic heterocycles. The van der Waals surface area contributed by atoms with Crippen LogP contribution in [0.5, 0.6) is 0 Å². The summed E-state index contributed by atoms with van der Waals surface area (Å²) >= 11 is 0. The maximum absolute atomic E-state index is 12.2. The van der Waals surface area contributed by atoms with E-state index >= 15 is 0 Å². The summed E-state index contributed by atoms with van der Waals surface area (Å²) in [6.07, 6.45) is 3.91. The molecule has 0 saturated carbocycles.